The summed E-state index contributed by atoms with van der Waals surface area (Å²) in [6, 6.07) is 9.54. The number of nitriles is 1. The summed E-state index contributed by atoms with van der Waals surface area (Å²) >= 11 is 0. The van der Waals surface area contributed by atoms with Gasteiger partial charge in [-0.3, -0.25) is 4.99 Å². The van der Waals surface area contributed by atoms with Crippen molar-refractivity contribution in [3.05, 3.63) is 35.4 Å². The molecule has 0 spiro atoms. The van der Waals surface area contributed by atoms with Gasteiger partial charge in [0, 0.05) is 20.6 Å². The third-order valence-electron chi connectivity index (χ3n) is 2.00. The summed E-state index contributed by atoms with van der Waals surface area (Å²) in [5.41, 5.74) is 1.79. The van der Waals surface area contributed by atoms with Crippen LogP contribution in [0.4, 0.5) is 0 Å². The number of guanidine groups is 1. The Morgan fingerprint density at radius 1 is 1.40 bits per heavy atom. The van der Waals surface area contributed by atoms with Crippen LogP contribution >= 0.6 is 0 Å². The van der Waals surface area contributed by atoms with E-state index in [1.807, 2.05) is 19.2 Å². The summed E-state index contributed by atoms with van der Waals surface area (Å²) in [5, 5.41) is 14.7. The Bertz CT molecular complexity index is 373. The van der Waals surface area contributed by atoms with E-state index in [1.54, 1.807) is 19.2 Å². The first-order chi connectivity index (χ1) is 7.30. The summed E-state index contributed by atoms with van der Waals surface area (Å²) in [5.74, 6) is 0.749. The molecule has 0 radical (unpaired) electrons. The molecule has 0 unspecified atom stereocenters. The van der Waals surface area contributed by atoms with Crippen molar-refractivity contribution in [2.75, 3.05) is 14.1 Å². The molecule has 0 heterocycles. The molecule has 2 N–H and O–H groups in total. The summed E-state index contributed by atoms with van der Waals surface area (Å²) in [6.07, 6.45) is 0. The lowest BCUT2D eigenvalue weighted by Gasteiger charge is -2.08. The maximum atomic E-state index is 8.63. The van der Waals surface area contributed by atoms with Crippen molar-refractivity contribution in [1.82, 2.24) is 10.6 Å². The molecule has 1 rings (SSSR count). The lowest BCUT2D eigenvalue weighted by atomic mass is 10.1. The molecule has 0 aliphatic rings. The average Bonchev–Trinajstić information content (AvgIpc) is 2.31. The third kappa shape index (κ3) is 3.31. The number of nitrogens with one attached hydrogen (secondary N) is 2. The summed E-state index contributed by atoms with van der Waals surface area (Å²) in [6.45, 7) is 0.694. The van der Waals surface area contributed by atoms with E-state index in [0.29, 0.717) is 12.1 Å². The van der Waals surface area contributed by atoms with Gasteiger partial charge in [0.05, 0.1) is 11.6 Å². The smallest absolute Gasteiger partial charge is 0.190 e. The molecule has 0 bridgehead atoms. The molecule has 78 valence electrons. The zero-order valence-electron chi connectivity index (χ0n) is 8.91. The van der Waals surface area contributed by atoms with Gasteiger partial charge in [0.25, 0.3) is 0 Å². The number of hydrogen-bond donors (Lipinski definition) is 2. The van der Waals surface area contributed by atoms with Gasteiger partial charge in [0.1, 0.15) is 0 Å². The molecule has 0 aliphatic heterocycles. The van der Waals surface area contributed by atoms with E-state index >= 15 is 0 Å². The third-order valence-corrected chi connectivity index (χ3v) is 2.00. The van der Waals surface area contributed by atoms with Crippen LogP contribution in [0.2, 0.25) is 0 Å². The number of rotatable bonds is 2. The second-order valence-corrected chi connectivity index (χ2v) is 2.98. The molecule has 0 aromatic heterocycles. The van der Waals surface area contributed by atoms with E-state index in [2.05, 4.69) is 21.7 Å². The van der Waals surface area contributed by atoms with Crippen LogP contribution in [-0.2, 0) is 6.54 Å². The monoisotopic (exact) mass is 202 g/mol. The standard InChI is InChI=1S/C11H14N4/c1-13-11(14-2)15-8-10-5-3-9(7-12)4-6-10/h3-6H,8H2,1-2H3,(H2,13,14,15). The Morgan fingerprint density at radius 3 is 2.53 bits per heavy atom. The van der Waals surface area contributed by atoms with Crippen molar-refractivity contribution in [1.29, 1.82) is 5.26 Å². The highest BCUT2D eigenvalue weighted by atomic mass is 15.1. The molecule has 0 saturated heterocycles. The van der Waals surface area contributed by atoms with Crippen LogP contribution in [0.3, 0.4) is 0 Å². The van der Waals surface area contributed by atoms with Crippen molar-refractivity contribution in [3.8, 4) is 6.07 Å². The average molecular weight is 202 g/mol. The van der Waals surface area contributed by atoms with Gasteiger partial charge in [-0.25, -0.2) is 0 Å². The molecule has 0 aliphatic carbocycles. The maximum Gasteiger partial charge on any atom is 0.190 e. The molecular formula is C11H14N4. The van der Waals surface area contributed by atoms with Crippen LogP contribution in [0.25, 0.3) is 0 Å². The first-order valence-electron chi connectivity index (χ1n) is 4.67. The van der Waals surface area contributed by atoms with Crippen LogP contribution in [0, 0.1) is 11.3 Å². The first-order valence-corrected chi connectivity index (χ1v) is 4.67. The number of hydrogen-bond acceptors (Lipinski definition) is 2. The molecule has 15 heavy (non-hydrogen) atoms. The van der Waals surface area contributed by atoms with Crippen molar-refractivity contribution in [2.45, 2.75) is 6.54 Å². The fourth-order valence-corrected chi connectivity index (χ4v) is 1.16. The Balaban J connectivity index is 2.55. The zero-order valence-corrected chi connectivity index (χ0v) is 8.91. The molecule has 0 fully saturated rings. The van der Waals surface area contributed by atoms with Gasteiger partial charge in [-0.1, -0.05) is 12.1 Å². The zero-order chi connectivity index (χ0) is 11.1. The highest BCUT2D eigenvalue weighted by Crippen LogP contribution is 2.02. The quantitative estimate of drug-likeness (QED) is 0.552. The van der Waals surface area contributed by atoms with E-state index < -0.39 is 0 Å². The van der Waals surface area contributed by atoms with Gasteiger partial charge in [0.2, 0.25) is 0 Å². The predicted molar refractivity (Wildman–Crippen MR) is 60.4 cm³/mol. The minimum absolute atomic E-state index is 0.678. The summed E-state index contributed by atoms with van der Waals surface area (Å²) < 4.78 is 0. The maximum absolute atomic E-state index is 8.63. The van der Waals surface area contributed by atoms with E-state index in [-0.39, 0.29) is 0 Å². The summed E-state index contributed by atoms with van der Waals surface area (Å²) in [4.78, 5) is 4.00. The van der Waals surface area contributed by atoms with Crippen LogP contribution in [0.1, 0.15) is 11.1 Å². The highest BCUT2D eigenvalue weighted by Gasteiger charge is 1.95. The topological polar surface area (TPSA) is 60.2 Å². The Hall–Kier alpha value is -2.02. The molecule has 1 aromatic rings. The second kappa shape index (κ2) is 5.66. The molecule has 0 amide bonds. The van der Waals surface area contributed by atoms with E-state index in [1.165, 1.54) is 0 Å². The van der Waals surface area contributed by atoms with Gasteiger partial charge in [0.15, 0.2) is 5.96 Å². The van der Waals surface area contributed by atoms with Crippen molar-refractivity contribution in [3.63, 3.8) is 0 Å². The number of benzene rings is 1. The van der Waals surface area contributed by atoms with Gasteiger partial charge in [-0.2, -0.15) is 5.26 Å². The lowest BCUT2D eigenvalue weighted by Crippen LogP contribution is -2.34. The highest BCUT2D eigenvalue weighted by molar-refractivity contribution is 5.79. The number of aliphatic imine (C=N–C) groups is 1. The van der Waals surface area contributed by atoms with Gasteiger partial charge >= 0.3 is 0 Å². The Labute approximate surface area is 89.6 Å². The molecular weight excluding hydrogens is 188 g/mol. The van der Waals surface area contributed by atoms with E-state index in [4.69, 9.17) is 5.26 Å². The fraction of sp³-hybridized carbons (Fsp3) is 0.273. The van der Waals surface area contributed by atoms with Crippen LogP contribution in [0.15, 0.2) is 29.3 Å². The van der Waals surface area contributed by atoms with Gasteiger partial charge < -0.3 is 10.6 Å². The van der Waals surface area contributed by atoms with E-state index in [9.17, 15) is 0 Å². The minimum Gasteiger partial charge on any atom is -0.359 e. The SMILES string of the molecule is CN=C(NC)NCc1ccc(C#N)cc1. The largest absolute Gasteiger partial charge is 0.359 e. The van der Waals surface area contributed by atoms with E-state index in [0.717, 1.165) is 11.5 Å². The predicted octanol–water partition coefficient (Wildman–Crippen LogP) is 0.853. The molecule has 4 heteroatoms. The minimum atomic E-state index is 0.678. The molecule has 4 nitrogen and oxygen atoms in total. The van der Waals surface area contributed by atoms with Crippen molar-refractivity contribution in [2.24, 2.45) is 4.99 Å². The first kappa shape index (κ1) is 11.1. The Kier molecular flexibility index (Phi) is 4.17. The fourth-order valence-electron chi connectivity index (χ4n) is 1.16. The summed E-state index contributed by atoms with van der Waals surface area (Å²) in [7, 11) is 3.53. The molecule has 0 atom stereocenters. The lowest BCUT2D eigenvalue weighted by molar-refractivity contribution is 0.866. The van der Waals surface area contributed by atoms with Gasteiger partial charge in [-0.05, 0) is 17.7 Å². The molecule has 0 saturated carbocycles. The van der Waals surface area contributed by atoms with Crippen LogP contribution in [-0.4, -0.2) is 20.1 Å². The van der Waals surface area contributed by atoms with Crippen molar-refractivity contribution >= 4 is 5.96 Å². The second-order valence-electron chi connectivity index (χ2n) is 2.98. The Morgan fingerprint density at radius 2 is 2.07 bits per heavy atom. The number of nitrogens with zero attached hydrogens (tertiary/aromatic N) is 2. The van der Waals surface area contributed by atoms with Gasteiger partial charge in [-0.15, -0.1) is 0 Å². The van der Waals surface area contributed by atoms with Crippen LogP contribution < -0.4 is 10.6 Å². The molecule has 1 aromatic carbocycles. The van der Waals surface area contributed by atoms with Crippen LogP contribution in [0.5, 0.6) is 0 Å². The normalized spacial score (nSPS) is 10.6. The van der Waals surface area contributed by atoms with Crippen molar-refractivity contribution < 1.29 is 0 Å².